The third-order valence-electron chi connectivity index (χ3n) is 2.02. The molecule has 0 aliphatic heterocycles. The van der Waals surface area contributed by atoms with Crippen molar-refractivity contribution >= 4 is 23.5 Å². The van der Waals surface area contributed by atoms with E-state index in [1.165, 1.54) is 18.2 Å². The lowest BCUT2D eigenvalue weighted by molar-refractivity contribution is -0.385. The highest BCUT2D eigenvalue weighted by Gasteiger charge is 2.19. The lowest BCUT2D eigenvalue weighted by atomic mass is 10.2. The normalized spacial score (nSPS) is 10.0. The third kappa shape index (κ3) is 4.22. The molecule has 104 valence electrons. The lowest BCUT2D eigenvalue weighted by Gasteiger charge is -2.05. The number of hydrogen-bond acceptors (Lipinski definition) is 5. The molecule has 0 aliphatic rings. The Morgan fingerprint density at radius 3 is 2.40 bits per heavy atom. The molecule has 20 heavy (non-hydrogen) atoms. The number of carboxylic acid groups (broad SMARTS) is 1. The van der Waals surface area contributed by atoms with E-state index in [9.17, 15) is 24.5 Å². The van der Waals surface area contributed by atoms with Gasteiger partial charge in [-0.15, -0.1) is 0 Å². The van der Waals surface area contributed by atoms with Crippen LogP contribution in [0.3, 0.4) is 0 Å². The largest absolute Gasteiger partial charge is 0.478 e. The van der Waals surface area contributed by atoms with Gasteiger partial charge < -0.3 is 5.11 Å². The average molecular weight is 279 g/mol. The molecule has 2 amide bonds. The Morgan fingerprint density at radius 1 is 1.15 bits per heavy atom. The smallest absolute Gasteiger partial charge is 0.328 e. The van der Waals surface area contributed by atoms with Crippen LogP contribution in [0, 0.1) is 10.1 Å². The van der Waals surface area contributed by atoms with Gasteiger partial charge in [-0.1, -0.05) is 12.1 Å². The zero-order chi connectivity index (χ0) is 15.1. The predicted octanol–water partition coefficient (Wildman–Crippen LogP) is -0.00340. The Hall–Kier alpha value is -3.23. The number of hydrogen-bond donors (Lipinski definition) is 3. The van der Waals surface area contributed by atoms with Gasteiger partial charge in [-0.3, -0.25) is 30.6 Å². The van der Waals surface area contributed by atoms with Gasteiger partial charge in [0.05, 0.1) is 4.92 Å². The number of carbonyl (C=O) groups excluding carboxylic acids is 2. The number of rotatable bonds is 4. The van der Waals surface area contributed by atoms with Gasteiger partial charge in [-0.05, 0) is 6.07 Å². The quantitative estimate of drug-likeness (QED) is 0.402. The second-order valence-electron chi connectivity index (χ2n) is 3.39. The molecular formula is C11H9N3O6. The summed E-state index contributed by atoms with van der Waals surface area (Å²) in [6, 6.07) is 5.17. The van der Waals surface area contributed by atoms with Crippen LogP contribution in [0.2, 0.25) is 0 Å². The number of hydrazine groups is 1. The number of aliphatic carboxylic acids is 1. The number of nitro groups is 1. The summed E-state index contributed by atoms with van der Waals surface area (Å²) >= 11 is 0. The molecule has 1 aromatic carbocycles. The molecule has 9 heteroatoms. The first kappa shape index (κ1) is 14.8. The van der Waals surface area contributed by atoms with Gasteiger partial charge in [0.25, 0.3) is 17.5 Å². The molecule has 0 spiro atoms. The van der Waals surface area contributed by atoms with E-state index in [2.05, 4.69) is 0 Å². The van der Waals surface area contributed by atoms with Crippen molar-refractivity contribution in [3.05, 3.63) is 52.1 Å². The van der Waals surface area contributed by atoms with Gasteiger partial charge >= 0.3 is 5.97 Å². The molecule has 0 atom stereocenters. The number of carboxylic acids is 1. The van der Waals surface area contributed by atoms with E-state index in [0.29, 0.717) is 12.2 Å². The van der Waals surface area contributed by atoms with Crippen LogP contribution in [-0.2, 0) is 9.59 Å². The Balaban J connectivity index is 2.71. The van der Waals surface area contributed by atoms with Gasteiger partial charge in [0.2, 0.25) is 0 Å². The van der Waals surface area contributed by atoms with Gasteiger partial charge in [-0.2, -0.15) is 0 Å². The van der Waals surface area contributed by atoms with E-state index in [1.807, 2.05) is 10.9 Å². The standard InChI is InChI=1S/C11H9N3O6/c15-9(5-6-10(16)17)12-13-11(18)7-3-1-2-4-8(7)14(19)20/h1-6H,(H,12,15)(H,13,18)(H,16,17)/b6-5-. The molecule has 1 rings (SSSR count). The summed E-state index contributed by atoms with van der Waals surface area (Å²) in [7, 11) is 0. The van der Waals surface area contributed by atoms with Crippen LogP contribution in [0.15, 0.2) is 36.4 Å². The fraction of sp³-hybridized carbons (Fsp3) is 0. The molecule has 0 unspecified atom stereocenters. The number of nitro benzene ring substituents is 1. The number of carbonyl (C=O) groups is 3. The van der Waals surface area contributed by atoms with Gasteiger partial charge in [0.15, 0.2) is 0 Å². The van der Waals surface area contributed by atoms with Crippen LogP contribution in [0.4, 0.5) is 5.69 Å². The Morgan fingerprint density at radius 2 is 1.80 bits per heavy atom. The first-order valence-corrected chi connectivity index (χ1v) is 5.16. The van der Waals surface area contributed by atoms with Crippen LogP contribution in [-0.4, -0.2) is 27.8 Å². The molecule has 0 heterocycles. The van der Waals surface area contributed by atoms with Crippen molar-refractivity contribution in [3.63, 3.8) is 0 Å². The monoisotopic (exact) mass is 279 g/mol. The molecule has 9 nitrogen and oxygen atoms in total. The van der Waals surface area contributed by atoms with Crippen LogP contribution in [0.5, 0.6) is 0 Å². The highest BCUT2D eigenvalue weighted by atomic mass is 16.6. The molecule has 0 radical (unpaired) electrons. The van der Waals surface area contributed by atoms with Gasteiger partial charge in [-0.25, -0.2) is 4.79 Å². The Kier molecular flexibility index (Phi) is 4.92. The van der Waals surface area contributed by atoms with Crippen molar-refractivity contribution in [3.8, 4) is 0 Å². The molecule has 0 saturated heterocycles. The molecule has 0 aromatic heterocycles. The topological polar surface area (TPSA) is 139 Å². The Bertz CT molecular complexity index is 596. The third-order valence-corrected chi connectivity index (χ3v) is 2.02. The number of nitrogens with zero attached hydrogens (tertiary/aromatic N) is 1. The first-order chi connectivity index (χ1) is 9.41. The van der Waals surface area contributed by atoms with E-state index in [4.69, 9.17) is 5.11 Å². The fourth-order valence-electron chi connectivity index (χ4n) is 1.20. The minimum absolute atomic E-state index is 0.236. The Labute approximate surface area is 112 Å². The van der Waals surface area contributed by atoms with Crippen molar-refractivity contribution in [2.24, 2.45) is 0 Å². The maximum atomic E-state index is 11.6. The van der Waals surface area contributed by atoms with Crippen LogP contribution in [0.1, 0.15) is 10.4 Å². The summed E-state index contributed by atoms with van der Waals surface area (Å²) < 4.78 is 0. The summed E-state index contributed by atoms with van der Waals surface area (Å²) in [5.41, 5.74) is 3.17. The number of amides is 2. The van der Waals surface area contributed by atoms with E-state index in [1.54, 1.807) is 0 Å². The van der Waals surface area contributed by atoms with Gasteiger partial charge in [0, 0.05) is 18.2 Å². The lowest BCUT2D eigenvalue weighted by Crippen LogP contribution is -2.41. The van der Waals surface area contributed by atoms with Crippen LogP contribution in [0.25, 0.3) is 0 Å². The van der Waals surface area contributed by atoms with Crippen LogP contribution >= 0.6 is 0 Å². The highest BCUT2D eigenvalue weighted by molar-refractivity contribution is 6.00. The maximum Gasteiger partial charge on any atom is 0.328 e. The molecular weight excluding hydrogens is 270 g/mol. The summed E-state index contributed by atoms with van der Waals surface area (Å²) in [5.74, 6) is -3.11. The van der Waals surface area contributed by atoms with E-state index >= 15 is 0 Å². The second kappa shape index (κ2) is 6.64. The van der Waals surface area contributed by atoms with Crippen LogP contribution < -0.4 is 10.9 Å². The SMILES string of the molecule is O=C(O)/C=C\C(=O)NNC(=O)c1ccccc1[N+](=O)[O-]. The molecule has 3 N–H and O–H groups in total. The molecule has 0 fully saturated rings. The number of para-hydroxylation sites is 1. The summed E-state index contributed by atoms with van der Waals surface area (Å²) in [6.45, 7) is 0. The van der Waals surface area contributed by atoms with Crippen molar-refractivity contribution in [2.75, 3.05) is 0 Å². The van der Waals surface area contributed by atoms with E-state index < -0.39 is 28.4 Å². The van der Waals surface area contributed by atoms with Crippen molar-refractivity contribution < 1.29 is 24.4 Å². The zero-order valence-corrected chi connectivity index (χ0v) is 9.90. The van der Waals surface area contributed by atoms with Gasteiger partial charge in [0.1, 0.15) is 5.56 Å². The molecule has 0 bridgehead atoms. The fourth-order valence-corrected chi connectivity index (χ4v) is 1.20. The minimum atomic E-state index is -1.33. The van der Waals surface area contributed by atoms with Crippen molar-refractivity contribution in [1.29, 1.82) is 0 Å². The zero-order valence-electron chi connectivity index (χ0n) is 9.90. The van der Waals surface area contributed by atoms with E-state index in [-0.39, 0.29) is 5.56 Å². The second-order valence-corrected chi connectivity index (χ2v) is 3.39. The predicted molar refractivity (Wildman–Crippen MR) is 65.5 cm³/mol. The summed E-state index contributed by atoms with van der Waals surface area (Å²) in [6.07, 6.45) is 1.26. The van der Waals surface area contributed by atoms with E-state index in [0.717, 1.165) is 6.07 Å². The summed E-state index contributed by atoms with van der Waals surface area (Å²) in [4.78, 5) is 42.9. The van der Waals surface area contributed by atoms with Crippen molar-refractivity contribution in [2.45, 2.75) is 0 Å². The first-order valence-electron chi connectivity index (χ1n) is 5.16. The number of nitrogens with one attached hydrogen (secondary N) is 2. The van der Waals surface area contributed by atoms with Crippen molar-refractivity contribution in [1.82, 2.24) is 10.9 Å². The molecule has 1 aromatic rings. The average Bonchev–Trinajstić information content (AvgIpc) is 2.42. The number of benzene rings is 1. The molecule has 0 saturated carbocycles. The highest BCUT2D eigenvalue weighted by Crippen LogP contribution is 2.16. The summed E-state index contributed by atoms with van der Waals surface area (Å²) in [5, 5.41) is 19.0. The minimum Gasteiger partial charge on any atom is -0.478 e. The maximum absolute atomic E-state index is 11.6. The molecule has 0 aliphatic carbocycles.